The second kappa shape index (κ2) is 9.19. The van der Waals surface area contributed by atoms with E-state index in [9.17, 15) is 4.79 Å². The first kappa shape index (κ1) is 23.0. The zero-order valence-corrected chi connectivity index (χ0v) is 20.8. The van der Waals surface area contributed by atoms with Crippen molar-refractivity contribution in [3.05, 3.63) is 88.6 Å². The molecular formula is C28H22ClN7O. The summed E-state index contributed by atoms with van der Waals surface area (Å²) in [6.07, 6.45) is 8.75. The maximum absolute atomic E-state index is 13.8. The number of hydrogen-bond acceptors (Lipinski definition) is 6. The predicted octanol–water partition coefficient (Wildman–Crippen LogP) is 4.35. The van der Waals surface area contributed by atoms with Gasteiger partial charge in [-0.05, 0) is 49.2 Å². The topological polar surface area (TPSA) is 103 Å². The number of nitrogen functional groups attached to an aromatic ring is 1. The van der Waals surface area contributed by atoms with Crippen LogP contribution in [-0.4, -0.2) is 41.6 Å². The normalized spacial score (nSPS) is 12.9. The molecule has 6 rings (SSSR count). The van der Waals surface area contributed by atoms with E-state index in [1.807, 2.05) is 36.2 Å². The molecule has 1 fully saturated rings. The minimum atomic E-state index is -0.135. The van der Waals surface area contributed by atoms with Crippen LogP contribution in [0.15, 0.2) is 61.2 Å². The van der Waals surface area contributed by atoms with Crippen LogP contribution in [0.25, 0.3) is 21.8 Å². The van der Waals surface area contributed by atoms with Crippen LogP contribution < -0.4 is 5.73 Å². The van der Waals surface area contributed by atoms with E-state index in [1.165, 1.54) is 0 Å². The summed E-state index contributed by atoms with van der Waals surface area (Å²) in [5.74, 6) is 6.42. The first-order valence-corrected chi connectivity index (χ1v) is 12.2. The van der Waals surface area contributed by atoms with Gasteiger partial charge in [-0.15, -0.1) is 0 Å². The van der Waals surface area contributed by atoms with Gasteiger partial charge in [-0.1, -0.05) is 23.4 Å². The number of hydrogen-bond donors (Lipinski definition) is 1. The summed E-state index contributed by atoms with van der Waals surface area (Å²) in [5, 5.41) is 6.18. The fraction of sp³-hybridized carbons (Fsp3) is 0.179. The van der Waals surface area contributed by atoms with Gasteiger partial charge in [0.2, 0.25) is 0 Å². The van der Waals surface area contributed by atoms with Gasteiger partial charge in [0.15, 0.2) is 0 Å². The number of anilines is 1. The highest BCUT2D eigenvalue weighted by atomic mass is 35.5. The Morgan fingerprint density at radius 2 is 1.95 bits per heavy atom. The molecule has 4 heterocycles. The SMILES string of the molecule is Cn1ncc2c(N)nc3cc(Cl)c(C(=O)N(Cc4ccc(C#Cc5cccnc5)cn4)C4CC4)cc3c21. The third-order valence-electron chi connectivity index (χ3n) is 6.44. The zero-order valence-electron chi connectivity index (χ0n) is 20.0. The van der Waals surface area contributed by atoms with Crippen LogP contribution in [0, 0.1) is 11.8 Å². The maximum Gasteiger partial charge on any atom is 0.255 e. The van der Waals surface area contributed by atoms with Crippen molar-refractivity contribution in [2.45, 2.75) is 25.4 Å². The minimum absolute atomic E-state index is 0.135. The quantitative estimate of drug-likeness (QED) is 0.363. The van der Waals surface area contributed by atoms with Gasteiger partial charge in [-0.25, -0.2) is 4.98 Å². The predicted molar refractivity (Wildman–Crippen MR) is 143 cm³/mol. The summed E-state index contributed by atoms with van der Waals surface area (Å²) in [5.41, 5.74) is 10.4. The molecule has 0 spiro atoms. The van der Waals surface area contributed by atoms with Crippen molar-refractivity contribution in [3.63, 3.8) is 0 Å². The number of halogens is 1. The molecule has 1 amide bonds. The molecular weight excluding hydrogens is 486 g/mol. The second-order valence-corrected chi connectivity index (χ2v) is 9.48. The fourth-order valence-corrected chi connectivity index (χ4v) is 4.64. The van der Waals surface area contributed by atoms with E-state index >= 15 is 0 Å². The van der Waals surface area contributed by atoms with Crippen molar-refractivity contribution < 1.29 is 4.79 Å². The Hall–Kier alpha value is -4.48. The smallest absolute Gasteiger partial charge is 0.255 e. The summed E-state index contributed by atoms with van der Waals surface area (Å²) < 4.78 is 1.74. The number of carbonyl (C=O) groups is 1. The Kier molecular flexibility index (Phi) is 5.70. The number of amides is 1. The van der Waals surface area contributed by atoms with Crippen LogP contribution >= 0.6 is 11.6 Å². The van der Waals surface area contributed by atoms with Crippen molar-refractivity contribution in [1.82, 2.24) is 29.6 Å². The first-order valence-electron chi connectivity index (χ1n) is 11.9. The van der Waals surface area contributed by atoms with E-state index in [2.05, 4.69) is 31.9 Å². The molecule has 0 saturated heterocycles. The van der Waals surface area contributed by atoms with Crippen LogP contribution in [0.2, 0.25) is 5.02 Å². The molecule has 37 heavy (non-hydrogen) atoms. The largest absolute Gasteiger partial charge is 0.383 e. The lowest BCUT2D eigenvalue weighted by Crippen LogP contribution is -2.33. The van der Waals surface area contributed by atoms with Gasteiger partial charge in [-0.3, -0.25) is 19.4 Å². The first-order chi connectivity index (χ1) is 18.0. The second-order valence-electron chi connectivity index (χ2n) is 9.07. The van der Waals surface area contributed by atoms with Crippen molar-refractivity contribution in [3.8, 4) is 11.8 Å². The monoisotopic (exact) mass is 507 g/mol. The van der Waals surface area contributed by atoms with Gasteiger partial charge in [0.1, 0.15) is 5.82 Å². The molecule has 182 valence electrons. The van der Waals surface area contributed by atoms with Crippen molar-refractivity contribution >= 4 is 45.1 Å². The van der Waals surface area contributed by atoms with E-state index < -0.39 is 0 Å². The number of rotatable bonds is 4. The molecule has 1 aromatic carbocycles. The molecule has 4 aromatic heterocycles. The van der Waals surface area contributed by atoms with E-state index in [-0.39, 0.29) is 11.9 Å². The van der Waals surface area contributed by atoms with Crippen molar-refractivity contribution in [2.75, 3.05) is 5.73 Å². The Morgan fingerprint density at radius 1 is 1.14 bits per heavy atom. The molecule has 8 nitrogen and oxygen atoms in total. The summed E-state index contributed by atoms with van der Waals surface area (Å²) in [4.78, 5) is 28.7. The van der Waals surface area contributed by atoms with Crippen LogP contribution in [0.5, 0.6) is 0 Å². The molecule has 9 heteroatoms. The lowest BCUT2D eigenvalue weighted by Gasteiger charge is -2.23. The minimum Gasteiger partial charge on any atom is -0.383 e. The highest BCUT2D eigenvalue weighted by Gasteiger charge is 2.34. The lowest BCUT2D eigenvalue weighted by atomic mass is 10.1. The highest BCUT2D eigenvalue weighted by molar-refractivity contribution is 6.35. The van der Waals surface area contributed by atoms with Gasteiger partial charge in [0, 0.05) is 48.2 Å². The molecule has 0 atom stereocenters. The van der Waals surface area contributed by atoms with Gasteiger partial charge in [0.25, 0.3) is 5.91 Å². The average molecular weight is 508 g/mol. The average Bonchev–Trinajstić information content (AvgIpc) is 3.68. The molecule has 5 aromatic rings. The Balaban J connectivity index is 1.30. The number of fused-ring (bicyclic) bond motifs is 3. The van der Waals surface area contributed by atoms with E-state index in [4.69, 9.17) is 17.3 Å². The molecule has 1 saturated carbocycles. The molecule has 1 aliphatic rings. The standard InChI is InChI=1S/C28H22ClN7O/c1-35-26-22-11-21(24(29)12-25(22)34-27(30)23(26)15-33-35)28(37)36(20-8-9-20)16-19-7-6-18(14-32-19)5-4-17-3-2-10-31-13-17/h2-3,6-7,10-15,20H,8-9,16H2,1H3,(H2,30,34). The third-order valence-corrected chi connectivity index (χ3v) is 6.76. The molecule has 2 N–H and O–H groups in total. The Labute approximate surface area is 218 Å². The number of aryl methyl sites for hydroxylation is 1. The highest BCUT2D eigenvalue weighted by Crippen LogP contribution is 2.34. The van der Waals surface area contributed by atoms with Gasteiger partial charge in [0.05, 0.1) is 45.4 Å². The molecule has 0 unspecified atom stereocenters. The molecule has 0 bridgehead atoms. The summed E-state index contributed by atoms with van der Waals surface area (Å²) in [7, 11) is 1.84. The Bertz CT molecular complexity index is 1720. The zero-order chi connectivity index (χ0) is 25.5. The van der Waals surface area contributed by atoms with Gasteiger partial charge < -0.3 is 10.6 Å². The van der Waals surface area contributed by atoms with Gasteiger partial charge >= 0.3 is 0 Å². The number of nitrogens with two attached hydrogens (primary N) is 1. The fourth-order valence-electron chi connectivity index (χ4n) is 4.40. The van der Waals surface area contributed by atoms with Gasteiger partial charge in [-0.2, -0.15) is 5.10 Å². The Morgan fingerprint density at radius 3 is 2.65 bits per heavy atom. The van der Waals surface area contributed by atoms with E-state index in [0.29, 0.717) is 28.5 Å². The summed E-state index contributed by atoms with van der Waals surface area (Å²) in [6.45, 7) is 0.384. The van der Waals surface area contributed by atoms with Crippen molar-refractivity contribution in [2.24, 2.45) is 7.05 Å². The van der Waals surface area contributed by atoms with E-state index in [1.54, 1.807) is 41.6 Å². The number of carbonyl (C=O) groups excluding carboxylic acids is 1. The van der Waals surface area contributed by atoms with Crippen LogP contribution in [0.3, 0.4) is 0 Å². The van der Waals surface area contributed by atoms with Crippen molar-refractivity contribution in [1.29, 1.82) is 0 Å². The lowest BCUT2D eigenvalue weighted by molar-refractivity contribution is 0.0728. The van der Waals surface area contributed by atoms with Crippen LogP contribution in [0.4, 0.5) is 5.82 Å². The van der Waals surface area contributed by atoms with E-state index in [0.717, 1.165) is 46.0 Å². The van der Waals surface area contributed by atoms with Crippen LogP contribution in [-0.2, 0) is 13.6 Å². The summed E-state index contributed by atoms with van der Waals surface area (Å²) in [6, 6.07) is 11.2. The summed E-state index contributed by atoms with van der Waals surface area (Å²) >= 11 is 6.61. The number of pyridine rings is 3. The third kappa shape index (κ3) is 4.46. The number of benzene rings is 1. The number of nitrogens with zero attached hydrogens (tertiary/aromatic N) is 6. The maximum atomic E-state index is 13.8. The molecule has 0 aliphatic heterocycles. The molecule has 0 radical (unpaired) electrons. The van der Waals surface area contributed by atoms with Crippen LogP contribution in [0.1, 0.15) is 40.0 Å². The molecule has 1 aliphatic carbocycles. The number of aromatic nitrogens is 5.